The maximum absolute atomic E-state index is 12.6. The number of alkyl halides is 3. The van der Waals surface area contributed by atoms with Crippen LogP contribution in [0.5, 0.6) is 5.75 Å². The number of nitrogens with one attached hydrogen (secondary N) is 1. The van der Waals surface area contributed by atoms with Crippen molar-refractivity contribution in [3.63, 3.8) is 0 Å². The summed E-state index contributed by atoms with van der Waals surface area (Å²) in [6.45, 7) is 1.39. The highest BCUT2D eigenvalue weighted by atomic mass is 35.5. The Morgan fingerprint density at radius 3 is 2.58 bits per heavy atom. The van der Waals surface area contributed by atoms with Gasteiger partial charge >= 0.3 is 6.18 Å². The number of halogens is 4. The van der Waals surface area contributed by atoms with E-state index in [2.05, 4.69) is 5.32 Å². The van der Waals surface area contributed by atoms with E-state index < -0.39 is 17.6 Å². The molecule has 1 amide bonds. The third kappa shape index (κ3) is 5.16. The number of ether oxygens (including phenoxy) is 1. The molecule has 0 aliphatic heterocycles. The molecule has 0 unspecified atom stereocenters. The Bertz CT molecular complexity index is 719. The zero-order valence-electron chi connectivity index (χ0n) is 12.7. The molecular formula is C17H15ClF3NO2. The minimum Gasteiger partial charge on any atom is -0.484 e. The summed E-state index contributed by atoms with van der Waals surface area (Å²) in [6, 6.07) is 11.1. The number of hydrogen-bond acceptors (Lipinski definition) is 2. The molecule has 128 valence electrons. The van der Waals surface area contributed by atoms with Crippen molar-refractivity contribution in [2.24, 2.45) is 0 Å². The van der Waals surface area contributed by atoms with Crippen molar-refractivity contribution in [3.8, 4) is 5.75 Å². The predicted molar refractivity (Wildman–Crippen MR) is 84.9 cm³/mol. The summed E-state index contributed by atoms with van der Waals surface area (Å²) < 4.78 is 43.0. The first kappa shape index (κ1) is 18.1. The second kappa shape index (κ2) is 7.57. The first-order valence-electron chi connectivity index (χ1n) is 7.10. The van der Waals surface area contributed by atoms with Crippen LogP contribution in [0.3, 0.4) is 0 Å². The minimum atomic E-state index is -4.46. The monoisotopic (exact) mass is 357 g/mol. The van der Waals surface area contributed by atoms with Crippen LogP contribution < -0.4 is 10.1 Å². The highest BCUT2D eigenvalue weighted by molar-refractivity contribution is 6.30. The molecule has 2 rings (SSSR count). The number of benzene rings is 2. The van der Waals surface area contributed by atoms with Crippen molar-refractivity contribution in [1.82, 2.24) is 5.32 Å². The number of carbonyl (C=O) groups is 1. The van der Waals surface area contributed by atoms with Crippen LogP contribution in [-0.2, 0) is 11.0 Å². The molecule has 2 aromatic carbocycles. The smallest absolute Gasteiger partial charge is 0.416 e. The van der Waals surface area contributed by atoms with Gasteiger partial charge in [0.1, 0.15) is 5.75 Å². The zero-order valence-corrected chi connectivity index (χ0v) is 13.5. The molecule has 0 fully saturated rings. The number of hydrogen-bond donors (Lipinski definition) is 1. The molecule has 0 heterocycles. The Labute approximate surface area is 142 Å². The molecular weight excluding hydrogens is 343 g/mol. The van der Waals surface area contributed by atoms with Gasteiger partial charge in [-0.1, -0.05) is 29.8 Å². The molecule has 7 heteroatoms. The first-order valence-corrected chi connectivity index (χ1v) is 7.48. The fourth-order valence-electron chi connectivity index (χ4n) is 2.05. The van der Waals surface area contributed by atoms with E-state index in [-0.39, 0.29) is 18.4 Å². The minimum absolute atomic E-state index is 0.0182. The molecule has 0 aliphatic rings. The molecule has 0 spiro atoms. The topological polar surface area (TPSA) is 38.3 Å². The molecule has 0 aliphatic carbocycles. The fourth-order valence-corrected chi connectivity index (χ4v) is 2.25. The van der Waals surface area contributed by atoms with Crippen LogP contribution in [0.1, 0.15) is 24.1 Å². The maximum Gasteiger partial charge on any atom is 0.416 e. The third-order valence-electron chi connectivity index (χ3n) is 3.26. The number of rotatable bonds is 5. The van der Waals surface area contributed by atoms with Gasteiger partial charge in [-0.2, -0.15) is 13.2 Å². The quantitative estimate of drug-likeness (QED) is 0.848. The Morgan fingerprint density at radius 2 is 1.92 bits per heavy atom. The lowest BCUT2D eigenvalue weighted by molar-refractivity contribution is -0.137. The molecule has 1 atom stereocenters. The van der Waals surface area contributed by atoms with Gasteiger partial charge in [0, 0.05) is 5.02 Å². The van der Waals surface area contributed by atoms with Crippen molar-refractivity contribution in [1.29, 1.82) is 0 Å². The van der Waals surface area contributed by atoms with Crippen LogP contribution in [-0.4, -0.2) is 12.5 Å². The van der Waals surface area contributed by atoms with Crippen molar-refractivity contribution in [2.45, 2.75) is 19.1 Å². The highest BCUT2D eigenvalue weighted by Gasteiger charge is 2.30. The van der Waals surface area contributed by atoms with Crippen LogP contribution in [0.2, 0.25) is 5.02 Å². The lowest BCUT2D eigenvalue weighted by atomic mass is 10.1. The van der Waals surface area contributed by atoms with Crippen molar-refractivity contribution in [3.05, 3.63) is 64.7 Å². The Morgan fingerprint density at radius 1 is 1.21 bits per heavy atom. The van der Waals surface area contributed by atoms with Crippen molar-refractivity contribution in [2.75, 3.05) is 6.61 Å². The van der Waals surface area contributed by atoms with E-state index in [9.17, 15) is 18.0 Å². The summed E-state index contributed by atoms with van der Waals surface area (Å²) in [5, 5.41) is 3.24. The standard InChI is InChI=1S/C17H15ClF3NO2/c1-11(12-4-2-6-14(18)8-12)22-16(23)10-24-15-7-3-5-13(9-15)17(19,20)21/h2-9,11H,10H2,1H3,(H,22,23)/t11-/m0/s1. The Kier molecular flexibility index (Phi) is 5.72. The van der Waals surface area contributed by atoms with Crippen LogP contribution in [0, 0.1) is 0 Å². The van der Waals surface area contributed by atoms with Crippen molar-refractivity contribution < 1.29 is 22.7 Å². The lowest BCUT2D eigenvalue weighted by Crippen LogP contribution is -2.31. The van der Waals surface area contributed by atoms with E-state index in [0.29, 0.717) is 5.02 Å². The van der Waals surface area contributed by atoms with Gasteiger partial charge in [-0.25, -0.2) is 0 Å². The van der Waals surface area contributed by atoms with Crippen LogP contribution >= 0.6 is 11.6 Å². The highest BCUT2D eigenvalue weighted by Crippen LogP contribution is 2.31. The molecule has 0 radical (unpaired) electrons. The fraction of sp³-hybridized carbons (Fsp3) is 0.235. The molecule has 0 saturated carbocycles. The molecule has 0 aromatic heterocycles. The van der Waals surface area contributed by atoms with Gasteiger partial charge < -0.3 is 10.1 Å². The van der Waals surface area contributed by atoms with E-state index >= 15 is 0 Å². The van der Waals surface area contributed by atoms with Gasteiger partial charge in [0.05, 0.1) is 11.6 Å². The van der Waals surface area contributed by atoms with E-state index in [1.54, 1.807) is 25.1 Å². The summed E-state index contributed by atoms with van der Waals surface area (Å²) in [5.41, 5.74) is -0.0115. The molecule has 0 saturated heterocycles. The second-order valence-electron chi connectivity index (χ2n) is 5.16. The SMILES string of the molecule is C[C@H](NC(=O)COc1cccc(C(F)(F)F)c1)c1cccc(Cl)c1. The summed E-state index contributed by atoms with van der Waals surface area (Å²) in [5.74, 6) is -0.463. The van der Waals surface area contributed by atoms with Crippen LogP contribution in [0.4, 0.5) is 13.2 Å². The van der Waals surface area contributed by atoms with E-state index in [1.807, 2.05) is 6.07 Å². The average Bonchev–Trinajstić information content (AvgIpc) is 2.52. The van der Waals surface area contributed by atoms with Gasteiger partial charge in [0.25, 0.3) is 5.91 Å². The van der Waals surface area contributed by atoms with Gasteiger partial charge in [0.2, 0.25) is 0 Å². The predicted octanol–water partition coefficient (Wildman–Crippen LogP) is 4.62. The van der Waals surface area contributed by atoms with Gasteiger partial charge in [-0.3, -0.25) is 4.79 Å². The lowest BCUT2D eigenvalue weighted by Gasteiger charge is -2.15. The van der Waals surface area contributed by atoms with Crippen molar-refractivity contribution >= 4 is 17.5 Å². The maximum atomic E-state index is 12.6. The third-order valence-corrected chi connectivity index (χ3v) is 3.49. The van der Waals surface area contributed by atoms with Gasteiger partial charge in [-0.15, -0.1) is 0 Å². The van der Waals surface area contributed by atoms with E-state index in [4.69, 9.17) is 16.3 Å². The molecule has 3 nitrogen and oxygen atoms in total. The average molecular weight is 358 g/mol. The summed E-state index contributed by atoms with van der Waals surface area (Å²) in [4.78, 5) is 11.9. The van der Waals surface area contributed by atoms with Gasteiger partial charge in [-0.05, 0) is 42.8 Å². The zero-order chi connectivity index (χ0) is 17.7. The Hall–Kier alpha value is -2.21. The largest absolute Gasteiger partial charge is 0.484 e. The number of carbonyl (C=O) groups excluding carboxylic acids is 1. The summed E-state index contributed by atoms with van der Waals surface area (Å²) in [6.07, 6.45) is -4.46. The van der Waals surface area contributed by atoms with Crippen LogP contribution in [0.25, 0.3) is 0 Å². The normalized spacial score (nSPS) is 12.5. The molecule has 24 heavy (non-hydrogen) atoms. The number of amides is 1. The summed E-state index contributed by atoms with van der Waals surface area (Å²) >= 11 is 5.89. The van der Waals surface area contributed by atoms with Crippen LogP contribution in [0.15, 0.2) is 48.5 Å². The Balaban J connectivity index is 1.91. The first-order chi connectivity index (χ1) is 11.3. The molecule has 0 bridgehead atoms. The summed E-state index contributed by atoms with van der Waals surface area (Å²) in [7, 11) is 0. The van der Waals surface area contributed by atoms with Gasteiger partial charge in [0.15, 0.2) is 6.61 Å². The second-order valence-corrected chi connectivity index (χ2v) is 5.59. The molecule has 2 aromatic rings. The molecule has 1 N–H and O–H groups in total. The van der Waals surface area contributed by atoms with E-state index in [0.717, 1.165) is 17.7 Å². The van der Waals surface area contributed by atoms with E-state index in [1.165, 1.54) is 12.1 Å².